The molecule has 0 saturated heterocycles. The lowest BCUT2D eigenvalue weighted by molar-refractivity contribution is -0.136. The molecule has 4 rings (SSSR count). The highest BCUT2D eigenvalue weighted by Crippen LogP contribution is 2.33. The van der Waals surface area contributed by atoms with Crippen molar-refractivity contribution in [2.24, 2.45) is 0 Å². The largest absolute Gasteiger partial charge is 0.481 e. The van der Waals surface area contributed by atoms with Crippen LogP contribution in [0.5, 0.6) is 0 Å². The Morgan fingerprint density at radius 3 is 2.41 bits per heavy atom. The molecule has 0 amide bonds. The molecule has 0 atom stereocenters. The van der Waals surface area contributed by atoms with Crippen molar-refractivity contribution < 1.29 is 22.7 Å². The van der Waals surface area contributed by atoms with Crippen molar-refractivity contribution in [1.29, 1.82) is 0 Å². The molecule has 146 valence electrons. The Morgan fingerprint density at radius 1 is 0.966 bits per heavy atom. The van der Waals surface area contributed by atoms with Crippen LogP contribution in [0.15, 0.2) is 83.9 Å². The third kappa shape index (κ3) is 3.52. The molecule has 3 aromatic carbocycles. The standard InChI is InChI=1S/C22H16FNO4S/c23-17-8-10-18(11-9-17)29(27,28)24-14-20(19-6-1-2-7-21(19)24)16-5-3-4-15(12-16)13-22(25)26/h1-12,14H,13H2,(H,25,26). The fourth-order valence-electron chi connectivity index (χ4n) is 3.32. The van der Waals surface area contributed by atoms with Gasteiger partial charge in [0.25, 0.3) is 10.0 Å². The highest BCUT2D eigenvalue weighted by molar-refractivity contribution is 7.90. The molecule has 0 aliphatic carbocycles. The van der Waals surface area contributed by atoms with Crippen molar-refractivity contribution in [3.63, 3.8) is 0 Å². The van der Waals surface area contributed by atoms with Crippen LogP contribution in [0.1, 0.15) is 5.56 Å². The number of nitrogens with zero attached hydrogens (tertiary/aromatic N) is 1. The Kier molecular flexibility index (Phi) is 4.68. The molecule has 5 nitrogen and oxygen atoms in total. The Hall–Kier alpha value is -3.45. The van der Waals surface area contributed by atoms with E-state index in [0.29, 0.717) is 27.6 Å². The molecule has 1 aromatic heterocycles. The topological polar surface area (TPSA) is 76.4 Å². The monoisotopic (exact) mass is 409 g/mol. The third-order valence-electron chi connectivity index (χ3n) is 4.64. The molecule has 4 aromatic rings. The zero-order valence-corrected chi connectivity index (χ0v) is 15.9. The Bertz CT molecular complexity index is 1320. The van der Waals surface area contributed by atoms with Crippen LogP contribution in [0.25, 0.3) is 22.0 Å². The third-order valence-corrected chi connectivity index (χ3v) is 6.33. The minimum atomic E-state index is -3.94. The smallest absolute Gasteiger partial charge is 0.307 e. The van der Waals surface area contributed by atoms with Crippen LogP contribution in [0.2, 0.25) is 0 Å². The van der Waals surface area contributed by atoms with Crippen molar-refractivity contribution in [3.05, 3.63) is 90.4 Å². The van der Waals surface area contributed by atoms with E-state index >= 15 is 0 Å². The molecular formula is C22H16FNO4S. The van der Waals surface area contributed by atoms with E-state index in [9.17, 15) is 17.6 Å². The summed E-state index contributed by atoms with van der Waals surface area (Å²) in [5.74, 6) is -1.46. The number of aliphatic carboxylic acids is 1. The van der Waals surface area contributed by atoms with E-state index in [1.165, 1.54) is 22.3 Å². The van der Waals surface area contributed by atoms with Crippen LogP contribution in [-0.4, -0.2) is 23.5 Å². The second-order valence-electron chi connectivity index (χ2n) is 6.59. The van der Waals surface area contributed by atoms with E-state index < -0.39 is 21.8 Å². The van der Waals surface area contributed by atoms with Gasteiger partial charge in [-0.05, 0) is 41.5 Å². The van der Waals surface area contributed by atoms with E-state index in [4.69, 9.17) is 5.11 Å². The molecule has 7 heteroatoms. The van der Waals surface area contributed by atoms with Gasteiger partial charge in [0.05, 0.1) is 16.8 Å². The summed E-state index contributed by atoms with van der Waals surface area (Å²) in [6.45, 7) is 0. The summed E-state index contributed by atoms with van der Waals surface area (Å²) in [4.78, 5) is 11.0. The zero-order valence-electron chi connectivity index (χ0n) is 15.1. The molecule has 0 radical (unpaired) electrons. The van der Waals surface area contributed by atoms with E-state index in [-0.39, 0.29) is 11.3 Å². The van der Waals surface area contributed by atoms with Crippen molar-refractivity contribution in [1.82, 2.24) is 3.97 Å². The maximum Gasteiger partial charge on any atom is 0.307 e. The molecule has 0 aliphatic rings. The number of rotatable bonds is 5. The molecule has 0 saturated carbocycles. The predicted octanol–water partition coefficient (Wildman–Crippen LogP) is 4.31. The lowest BCUT2D eigenvalue weighted by Crippen LogP contribution is -2.11. The highest BCUT2D eigenvalue weighted by Gasteiger charge is 2.22. The number of benzene rings is 3. The summed E-state index contributed by atoms with van der Waals surface area (Å²) in [5, 5.41) is 9.76. The first-order valence-corrected chi connectivity index (χ1v) is 10.2. The van der Waals surface area contributed by atoms with Gasteiger partial charge in [0.15, 0.2) is 0 Å². The lowest BCUT2D eigenvalue weighted by atomic mass is 10.0. The van der Waals surface area contributed by atoms with E-state index in [0.717, 1.165) is 12.1 Å². The number of carboxylic acid groups (broad SMARTS) is 1. The minimum absolute atomic E-state index is 0.0224. The lowest BCUT2D eigenvalue weighted by Gasteiger charge is -2.07. The van der Waals surface area contributed by atoms with Gasteiger partial charge in [-0.2, -0.15) is 0 Å². The van der Waals surface area contributed by atoms with Gasteiger partial charge in [-0.3, -0.25) is 4.79 Å². The van der Waals surface area contributed by atoms with Gasteiger partial charge in [-0.15, -0.1) is 0 Å². The summed E-state index contributed by atoms with van der Waals surface area (Å²) in [7, 11) is -3.94. The number of fused-ring (bicyclic) bond motifs is 1. The van der Waals surface area contributed by atoms with Gasteiger partial charge in [-0.1, -0.05) is 42.5 Å². The Balaban J connectivity index is 1.91. The molecule has 0 bridgehead atoms. The van der Waals surface area contributed by atoms with Crippen LogP contribution in [-0.2, 0) is 21.2 Å². The summed E-state index contributed by atoms with van der Waals surface area (Å²) >= 11 is 0. The normalized spacial score (nSPS) is 11.6. The molecule has 0 aliphatic heterocycles. The van der Waals surface area contributed by atoms with Crippen LogP contribution >= 0.6 is 0 Å². The highest BCUT2D eigenvalue weighted by atomic mass is 32.2. The van der Waals surface area contributed by atoms with Crippen molar-refractivity contribution in [2.75, 3.05) is 0 Å². The van der Waals surface area contributed by atoms with E-state index in [2.05, 4.69) is 0 Å². The summed E-state index contributed by atoms with van der Waals surface area (Å²) in [6, 6.07) is 18.7. The second kappa shape index (κ2) is 7.18. The molecule has 1 heterocycles. The first-order chi connectivity index (χ1) is 13.9. The minimum Gasteiger partial charge on any atom is -0.481 e. The average Bonchev–Trinajstić information content (AvgIpc) is 3.09. The first-order valence-electron chi connectivity index (χ1n) is 8.78. The molecule has 0 unspecified atom stereocenters. The number of hydrogen-bond donors (Lipinski definition) is 1. The number of para-hydroxylation sites is 1. The number of carboxylic acids is 1. The maximum absolute atomic E-state index is 13.2. The van der Waals surface area contributed by atoms with Gasteiger partial charge < -0.3 is 5.11 Å². The Morgan fingerprint density at radius 2 is 1.69 bits per heavy atom. The van der Waals surface area contributed by atoms with Crippen molar-refractivity contribution in [3.8, 4) is 11.1 Å². The Labute approximate surface area is 166 Å². The maximum atomic E-state index is 13.2. The SMILES string of the molecule is O=C(O)Cc1cccc(-c2cn(S(=O)(=O)c3ccc(F)cc3)c3ccccc23)c1. The molecule has 29 heavy (non-hydrogen) atoms. The van der Waals surface area contributed by atoms with Crippen molar-refractivity contribution >= 4 is 26.9 Å². The zero-order chi connectivity index (χ0) is 20.6. The number of hydrogen-bond acceptors (Lipinski definition) is 3. The van der Waals surface area contributed by atoms with Gasteiger partial charge in [0.2, 0.25) is 0 Å². The number of halogens is 1. The fraction of sp³-hybridized carbons (Fsp3) is 0.0455. The van der Waals surface area contributed by atoms with Crippen molar-refractivity contribution in [2.45, 2.75) is 11.3 Å². The second-order valence-corrected chi connectivity index (χ2v) is 8.40. The number of aromatic nitrogens is 1. The van der Waals surface area contributed by atoms with E-state index in [1.807, 2.05) is 18.2 Å². The van der Waals surface area contributed by atoms with Gasteiger partial charge in [0, 0.05) is 17.1 Å². The molecule has 0 spiro atoms. The van der Waals surface area contributed by atoms with Crippen LogP contribution in [0, 0.1) is 5.82 Å². The quantitative estimate of drug-likeness (QED) is 0.533. The van der Waals surface area contributed by atoms with Gasteiger partial charge in [0.1, 0.15) is 5.82 Å². The molecule has 1 N–H and O–H groups in total. The van der Waals surface area contributed by atoms with Crippen LogP contribution in [0.3, 0.4) is 0 Å². The summed E-state index contributed by atoms with van der Waals surface area (Å²) < 4.78 is 40.8. The molecule has 0 fully saturated rings. The average molecular weight is 409 g/mol. The number of carbonyl (C=O) groups is 1. The molecular weight excluding hydrogens is 393 g/mol. The van der Waals surface area contributed by atoms with Crippen LogP contribution in [0.4, 0.5) is 4.39 Å². The van der Waals surface area contributed by atoms with Gasteiger partial charge >= 0.3 is 5.97 Å². The predicted molar refractivity (Wildman–Crippen MR) is 108 cm³/mol. The summed E-state index contributed by atoms with van der Waals surface area (Å²) in [6.07, 6.45) is 1.39. The first kappa shape index (κ1) is 18.9. The van der Waals surface area contributed by atoms with Crippen LogP contribution < -0.4 is 0 Å². The van der Waals surface area contributed by atoms with Gasteiger partial charge in [-0.25, -0.2) is 16.8 Å². The van der Waals surface area contributed by atoms with E-state index in [1.54, 1.807) is 30.3 Å². The summed E-state index contributed by atoms with van der Waals surface area (Å²) in [5.41, 5.74) is 2.48. The fourth-order valence-corrected chi connectivity index (χ4v) is 4.69.